The van der Waals surface area contributed by atoms with E-state index in [9.17, 15) is 0 Å². The third-order valence-corrected chi connectivity index (χ3v) is 14.8. The minimum atomic E-state index is -0.173. The average Bonchev–Trinajstić information content (AvgIpc) is 3.78. The molecule has 9 aromatic rings. The first-order chi connectivity index (χ1) is 30.0. The van der Waals surface area contributed by atoms with E-state index >= 15 is 0 Å². The summed E-state index contributed by atoms with van der Waals surface area (Å²) in [7, 11) is 0. The number of hydrogen-bond donors (Lipinski definition) is 0. The molecular formula is C58H52N2OPtS2. The summed E-state index contributed by atoms with van der Waals surface area (Å²) in [5.41, 5.74) is 15.9. The number of fused-ring (bicyclic) bond motifs is 11. The SMILES string of the molecule is Cc1c(CC(C)(C)C)sc2c(-c3[c-]c(Oc4[c-]c(-c5nccc6c7c(sc56)-c5ccccc5-c5ccccc5-c5ccccc5-7)cc(C(C)(C)C)c4)cc(C(C)(C)C)c3)nccc12.[Pt+2]. The number of benzene rings is 5. The van der Waals surface area contributed by atoms with Crippen molar-refractivity contribution in [3.8, 4) is 77.8 Å². The number of ether oxygens (including phenoxy) is 1. The molecule has 3 nitrogen and oxygen atoms in total. The molecule has 0 saturated heterocycles. The van der Waals surface area contributed by atoms with Gasteiger partial charge in [-0.1, -0.05) is 159 Å². The number of hydrogen-bond acceptors (Lipinski definition) is 5. The summed E-state index contributed by atoms with van der Waals surface area (Å²) in [6, 6.07) is 47.1. The molecule has 10 rings (SSSR count). The fraction of sp³-hybridized carbons (Fsp3) is 0.241. The molecule has 322 valence electrons. The first-order valence-electron chi connectivity index (χ1n) is 21.9. The Morgan fingerprint density at radius 3 is 1.47 bits per heavy atom. The molecule has 0 N–H and O–H groups in total. The van der Waals surface area contributed by atoms with Gasteiger partial charge in [-0.3, -0.25) is 0 Å². The molecule has 5 aromatic carbocycles. The largest absolute Gasteiger partial charge is 2.00 e. The molecule has 64 heavy (non-hydrogen) atoms. The van der Waals surface area contributed by atoms with Crippen LogP contribution in [0.2, 0.25) is 0 Å². The van der Waals surface area contributed by atoms with Crippen molar-refractivity contribution in [3.05, 3.63) is 155 Å². The van der Waals surface area contributed by atoms with E-state index in [1.54, 1.807) is 0 Å². The van der Waals surface area contributed by atoms with Gasteiger partial charge in [0.15, 0.2) is 0 Å². The van der Waals surface area contributed by atoms with E-state index in [4.69, 9.17) is 14.7 Å². The van der Waals surface area contributed by atoms with Crippen LogP contribution >= 0.6 is 22.7 Å². The van der Waals surface area contributed by atoms with Crippen LogP contribution < -0.4 is 4.74 Å². The summed E-state index contributed by atoms with van der Waals surface area (Å²) in [5.74, 6) is 1.28. The molecule has 6 heteroatoms. The van der Waals surface area contributed by atoms with Crippen LogP contribution in [0.15, 0.2) is 122 Å². The van der Waals surface area contributed by atoms with Gasteiger partial charge in [-0.2, -0.15) is 0 Å². The maximum atomic E-state index is 6.98. The van der Waals surface area contributed by atoms with Crippen molar-refractivity contribution in [2.24, 2.45) is 5.41 Å². The molecular weight excluding hydrogens is 1000 g/mol. The topological polar surface area (TPSA) is 35.0 Å². The van der Waals surface area contributed by atoms with Crippen molar-refractivity contribution >= 4 is 42.8 Å². The van der Waals surface area contributed by atoms with E-state index in [0.717, 1.165) is 44.8 Å². The van der Waals surface area contributed by atoms with Gasteiger partial charge < -0.3 is 14.7 Å². The second-order valence-corrected chi connectivity index (χ2v) is 22.4. The van der Waals surface area contributed by atoms with E-state index in [1.807, 2.05) is 35.1 Å². The fourth-order valence-corrected chi connectivity index (χ4v) is 11.9. The first kappa shape index (κ1) is 44.0. The van der Waals surface area contributed by atoms with Gasteiger partial charge in [-0.05, 0) is 85.9 Å². The minimum Gasteiger partial charge on any atom is -0.497 e. The first-order valence-corrected chi connectivity index (χ1v) is 23.6. The van der Waals surface area contributed by atoms with Crippen LogP contribution in [0, 0.1) is 24.5 Å². The van der Waals surface area contributed by atoms with Crippen LogP contribution in [0.4, 0.5) is 0 Å². The summed E-state index contributed by atoms with van der Waals surface area (Å²) < 4.78 is 9.31. The monoisotopic (exact) mass is 1050 g/mol. The maximum absolute atomic E-state index is 6.98. The smallest absolute Gasteiger partial charge is 0.497 e. The quantitative estimate of drug-likeness (QED) is 0.161. The van der Waals surface area contributed by atoms with Gasteiger partial charge in [0.25, 0.3) is 0 Å². The number of thiophene rings is 2. The molecule has 0 fully saturated rings. The van der Waals surface area contributed by atoms with E-state index < -0.39 is 0 Å². The summed E-state index contributed by atoms with van der Waals surface area (Å²) in [6.45, 7) is 22.7. The van der Waals surface area contributed by atoms with Crippen LogP contribution in [0.1, 0.15) is 83.9 Å². The summed E-state index contributed by atoms with van der Waals surface area (Å²) in [5, 5.41) is 2.45. The normalized spacial score (nSPS) is 12.5. The van der Waals surface area contributed by atoms with Gasteiger partial charge in [-0.15, -0.1) is 57.1 Å². The predicted molar refractivity (Wildman–Crippen MR) is 268 cm³/mol. The van der Waals surface area contributed by atoms with Crippen molar-refractivity contribution in [1.82, 2.24) is 9.97 Å². The van der Waals surface area contributed by atoms with Gasteiger partial charge in [0.05, 0.1) is 0 Å². The number of rotatable bonds is 5. The van der Waals surface area contributed by atoms with Gasteiger partial charge in [0.2, 0.25) is 0 Å². The molecule has 0 saturated carbocycles. The Labute approximate surface area is 400 Å². The Bertz CT molecular complexity index is 3260. The zero-order valence-corrected chi connectivity index (χ0v) is 42.1. The van der Waals surface area contributed by atoms with Gasteiger partial charge in [0.1, 0.15) is 0 Å². The summed E-state index contributed by atoms with van der Waals surface area (Å²) in [4.78, 5) is 12.8. The molecule has 0 atom stereocenters. The Morgan fingerprint density at radius 1 is 0.531 bits per heavy atom. The average molecular weight is 1050 g/mol. The third-order valence-electron chi connectivity index (χ3n) is 12.3. The zero-order valence-electron chi connectivity index (χ0n) is 38.2. The standard InChI is InChI=1S/C58H52N2OS2.Pt/c1-34-41-23-25-59-51(54(41)62-49(34)33-56(2,3)4)35-27-37(57(5,6)7)31-39(29-35)61-40-30-36(28-38(32-40)58(8,9)10)52-55-48(24-26-60-52)50-46-21-15-13-19-44(46)42-17-11-12-18-43(42)45-20-14-16-22-47(45)53(50)63-55;/h11-28,31-32H,33H2,1-10H3;/q-2;+2. The van der Waals surface area contributed by atoms with E-state index in [-0.39, 0.29) is 37.3 Å². The van der Waals surface area contributed by atoms with Crippen LogP contribution in [-0.2, 0) is 38.3 Å². The number of pyridine rings is 2. The molecule has 1 aliphatic rings. The number of nitrogens with zero attached hydrogens (tertiary/aromatic N) is 2. The molecule has 0 aliphatic heterocycles. The molecule has 4 heterocycles. The Kier molecular flexibility index (Phi) is 11.3. The maximum Gasteiger partial charge on any atom is 2.00 e. The van der Waals surface area contributed by atoms with Gasteiger partial charge >= 0.3 is 21.1 Å². The number of aromatic nitrogens is 2. The van der Waals surface area contributed by atoms with Crippen molar-refractivity contribution in [1.29, 1.82) is 0 Å². The number of aryl methyl sites for hydroxylation is 1. The molecule has 4 aromatic heterocycles. The van der Waals surface area contributed by atoms with Crippen molar-refractivity contribution in [3.63, 3.8) is 0 Å². The molecule has 1 aliphatic carbocycles. The molecule has 0 amide bonds. The van der Waals surface area contributed by atoms with E-state index in [0.29, 0.717) is 11.5 Å². The zero-order chi connectivity index (χ0) is 44.0. The Hall–Kier alpha value is -5.19. The van der Waals surface area contributed by atoms with Crippen molar-refractivity contribution in [2.75, 3.05) is 0 Å². The minimum absolute atomic E-state index is 0. The van der Waals surface area contributed by atoms with Gasteiger partial charge in [0, 0.05) is 65.6 Å². The summed E-state index contributed by atoms with van der Waals surface area (Å²) >= 11 is 3.69. The van der Waals surface area contributed by atoms with Crippen LogP contribution in [0.3, 0.4) is 0 Å². The Balaban J connectivity index is 0.00000518. The third kappa shape index (κ3) is 7.99. The second kappa shape index (κ2) is 16.4. The van der Waals surface area contributed by atoms with Crippen LogP contribution in [0.5, 0.6) is 11.5 Å². The Morgan fingerprint density at radius 2 is 0.969 bits per heavy atom. The van der Waals surface area contributed by atoms with E-state index in [1.165, 1.54) is 69.7 Å². The fourth-order valence-electron chi connectivity index (χ4n) is 8.95. The van der Waals surface area contributed by atoms with Gasteiger partial charge in [-0.25, -0.2) is 0 Å². The summed E-state index contributed by atoms with van der Waals surface area (Å²) in [6.07, 6.45) is 4.92. The molecule has 0 unspecified atom stereocenters. The van der Waals surface area contributed by atoms with Crippen LogP contribution in [0.25, 0.3) is 86.5 Å². The van der Waals surface area contributed by atoms with Crippen molar-refractivity contribution < 1.29 is 25.8 Å². The molecule has 0 bridgehead atoms. The second-order valence-electron chi connectivity index (χ2n) is 20.3. The molecule has 0 radical (unpaired) electrons. The van der Waals surface area contributed by atoms with Crippen LogP contribution in [-0.4, -0.2) is 9.97 Å². The predicted octanol–water partition coefficient (Wildman–Crippen LogP) is 17.1. The van der Waals surface area contributed by atoms with E-state index in [2.05, 4.69) is 191 Å². The van der Waals surface area contributed by atoms with Crippen molar-refractivity contribution in [2.45, 2.75) is 86.5 Å². The molecule has 0 spiro atoms.